The number of halogens is 2. The van der Waals surface area contributed by atoms with Crippen LogP contribution in [0.25, 0.3) is 11.2 Å². The van der Waals surface area contributed by atoms with Gasteiger partial charge in [0.25, 0.3) is 0 Å². The van der Waals surface area contributed by atoms with Crippen molar-refractivity contribution >= 4 is 38.8 Å². The van der Waals surface area contributed by atoms with E-state index in [2.05, 4.69) is 25.9 Å². The van der Waals surface area contributed by atoms with Crippen LogP contribution in [0.1, 0.15) is 11.5 Å². The number of hydrogen-bond donors (Lipinski definition) is 0. The van der Waals surface area contributed by atoms with E-state index in [9.17, 15) is 0 Å². The van der Waals surface area contributed by atoms with Gasteiger partial charge in [-0.25, -0.2) is 4.98 Å². The molecule has 5 heteroatoms. The lowest BCUT2D eigenvalue weighted by atomic mass is 10.3. The van der Waals surface area contributed by atoms with E-state index in [1.165, 1.54) is 0 Å². The van der Waals surface area contributed by atoms with Crippen LogP contribution in [0, 0.1) is 6.92 Å². The largest absolute Gasteiger partial charge is 0.423 e. The average Bonchev–Trinajstić information content (AvgIpc) is 2.42. The first-order chi connectivity index (χ1) is 6.20. The standard InChI is InChI=1S/C8H6BrClN2O/c1-4-11-6-2-5(3-9)7(10)12-8(6)13-4/h2H,3H2,1H3. The molecule has 0 fully saturated rings. The third-order valence-electron chi connectivity index (χ3n) is 1.66. The molecule has 0 aliphatic heterocycles. The first kappa shape index (κ1) is 8.97. The first-order valence-electron chi connectivity index (χ1n) is 3.69. The van der Waals surface area contributed by atoms with Crippen molar-refractivity contribution < 1.29 is 4.42 Å². The second-order valence-corrected chi connectivity index (χ2v) is 3.55. The van der Waals surface area contributed by atoms with Crippen molar-refractivity contribution in [1.29, 1.82) is 0 Å². The molecule has 2 aromatic rings. The second-order valence-electron chi connectivity index (χ2n) is 2.63. The van der Waals surface area contributed by atoms with Crippen molar-refractivity contribution in [2.45, 2.75) is 12.3 Å². The van der Waals surface area contributed by atoms with Gasteiger partial charge in [0.05, 0.1) is 0 Å². The Morgan fingerprint density at radius 2 is 2.31 bits per heavy atom. The van der Waals surface area contributed by atoms with Gasteiger partial charge in [-0.2, -0.15) is 4.98 Å². The molecular weight excluding hydrogens is 255 g/mol. The van der Waals surface area contributed by atoms with Gasteiger partial charge in [-0.15, -0.1) is 0 Å². The number of alkyl halides is 1. The van der Waals surface area contributed by atoms with Gasteiger partial charge in [0.2, 0.25) is 5.71 Å². The third-order valence-corrected chi connectivity index (χ3v) is 2.59. The van der Waals surface area contributed by atoms with Gasteiger partial charge >= 0.3 is 0 Å². The highest BCUT2D eigenvalue weighted by atomic mass is 79.9. The molecule has 0 spiro atoms. The van der Waals surface area contributed by atoms with E-state index in [4.69, 9.17) is 16.0 Å². The molecule has 13 heavy (non-hydrogen) atoms. The minimum atomic E-state index is 0.459. The SMILES string of the molecule is Cc1nc2cc(CBr)c(Cl)nc2o1. The van der Waals surface area contributed by atoms with E-state index < -0.39 is 0 Å². The highest BCUT2D eigenvalue weighted by Crippen LogP contribution is 2.22. The van der Waals surface area contributed by atoms with E-state index >= 15 is 0 Å². The number of aryl methyl sites for hydroxylation is 1. The van der Waals surface area contributed by atoms with E-state index in [1.54, 1.807) is 6.92 Å². The van der Waals surface area contributed by atoms with Crippen LogP contribution in [-0.2, 0) is 5.33 Å². The van der Waals surface area contributed by atoms with Gasteiger partial charge in [-0.1, -0.05) is 27.5 Å². The molecular formula is C8H6BrClN2O. The third kappa shape index (κ3) is 1.56. The summed E-state index contributed by atoms with van der Waals surface area (Å²) in [5, 5.41) is 1.13. The molecule has 0 atom stereocenters. The van der Waals surface area contributed by atoms with Gasteiger partial charge in [0.1, 0.15) is 10.7 Å². The Morgan fingerprint density at radius 3 is 3.00 bits per heavy atom. The number of rotatable bonds is 1. The number of hydrogen-bond acceptors (Lipinski definition) is 3. The van der Waals surface area contributed by atoms with Crippen molar-refractivity contribution in [3.63, 3.8) is 0 Å². The molecule has 0 saturated heterocycles. The maximum atomic E-state index is 5.88. The summed E-state index contributed by atoms with van der Waals surface area (Å²) in [5.74, 6) is 0.602. The minimum Gasteiger partial charge on any atom is -0.423 e. The van der Waals surface area contributed by atoms with Gasteiger partial charge in [-0.3, -0.25) is 0 Å². The predicted molar refractivity (Wildman–Crippen MR) is 54.2 cm³/mol. The van der Waals surface area contributed by atoms with E-state index in [-0.39, 0.29) is 0 Å². The Labute approximate surface area is 88.2 Å². The second kappa shape index (κ2) is 3.27. The summed E-state index contributed by atoms with van der Waals surface area (Å²) >= 11 is 9.20. The Hall–Kier alpha value is -0.610. The maximum Gasteiger partial charge on any atom is 0.248 e. The molecule has 0 unspecified atom stereocenters. The van der Waals surface area contributed by atoms with E-state index in [0.717, 1.165) is 11.1 Å². The van der Waals surface area contributed by atoms with Crippen LogP contribution in [0.5, 0.6) is 0 Å². The Morgan fingerprint density at radius 1 is 1.54 bits per heavy atom. The molecule has 0 bridgehead atoms. The summed E-state index contributed by atoms with van der Waals surface area (Å²) in [4.78, 5) is 8.23. The molecule has 68 valence electrons. The van der Waals surface area contributed by atoms with Gasteiger partial charge < -0.3 is 4.42 Å². The highest BCUT2D eigenvalue weighted by molar-refractivity contribution is 9.08. The number of pyridine rings is 1. The van der Waals surface area contributed by atoms with Crippen molar-refractivity contribution in [2.75, 3.05) is 0 Å². The molecule has 2 aromatic heterocycles. The molecule has 0 radical (unpaired) electrons. The zero-order valence-corrected chi connectivity index (χ0v) is 9.18. The van der Waals surface area contributed by atoms with Crippen molar-refractivity contribution in [3.8, 4) is 0 Å². The lowest BCUT2D eigenvalue weighted by molar-refractivity contribution is 0.551. The molecule has 0 N–H and O–H groups in total. The molecule has 2 rings (SSSR count). The fourth-order valence-corrected chi connectivity index (χ4v) is 1.87. The molecule has 0 aliphatic carbocycles. The summed E-state index contributed by atoms with van der Waals surface area (Å²) < 4.78 is 5.23. The minimum absolute atomic E-state index is 0.459. The fraction of sp³-hybridized carbons (Fsp3) is 0.250. The van der Waals surface area contributed by atoms with Crippen LogP contribution in [0.2, 0.25) is 5.15 Å². The quantitative estimate of drug-likeness (QED) is 0.585. The van der Waals surface area contributed by atoms with E-state index in [0.29, 0.717) is 22.1 Å². The molecule has 0 aliphatic rings. The number of aromatic nitrogens is 2. The first-order valence-corrected chi connectivity index (χ1v) is 5.19. The van der Waals surface area contributed by atoms with Crippen LogP contribution >= 0.6 is 27.5 Å². The van der Waals surface area contributed by atoms with Crippen LogP contribution in [0.3, 0.4) is 0 Å². The molecule has 3 nitrogen and oxygen atoms in total. The summed E-state index contributed by atoms with van der Waals surface area (Å²) in [6.07, 6.45) is 0. The number of nitrogens with zero attached hydrogens (tertiary/aromatic N) is 2. The Bertz CT molecular complexity index is 455. The number of oxazole rings is 1. The predicted octanol–water partition coefficient (Wildman–Crippen LogP) is 3.08. The van der Waals surface area contributed by atoms with Gasteiger partial charge in [0.15, 0.2) is 5.89 Å². The Kier molecular flexibility index (Phi) is 2.26. The molecule has 0 amide bonds. The normalized spacial score (nSPS) is 11.0. The average molecular weight is 262 g/mol. The summed E-state index contributed by atoms with van der Waals surface area (Å²) in [6, 6.07) is 1.87. The van der Waals surface area contributed by atoms with Crippen LogP contribution in [0.15, 0.2) is 10.5 Å². The van der Waals surface area contributed by atoms with Crippen LogP contribution in [-0.4, -0.2) is 9.97 Å². The summed E-state index contributed by atoms with van der Waals surface area (Å²) in [5.41, 5.74) is 2.16. The maximum absolute atomic E-state index is 5.88. The highest BCUT2D eigenvalue weighted by Gasteiger charge is 2.08. The summed E-state index contributed by atoms with van der Waals surface area (Å²) in [6.45, 7) is 1.78. The van der Waals surface area contributed by atoms with Gasteiger partial charge in [-0.05, 0) is 6.07 Å². The van der Waals surface area contributed by atoms with Crippen LogP contribution < -0.4 is 0 Å². The van der Waals surface area contributed by atoms with Crippen molar-refractivity contribution in [3.05, 3.63) is 22.7 Å². The van der Waals surface area contributed by atoms with Crippen molar-refractivity contribution in [1.82, 2.24) is 9.97 Å². The lowest BCUT2D eigenvalue weighted by Gasteiger charge is -1.96. The Balaban J connectivity index is 2.72. The topological polar surface area (TPSA) is 38.9 Å². The van der Waals surface area contributed by atoms with Crippen LogP contribution in [0.4, 0.5) is 0 Å². The monoisotopic (exact) mass is 260 g/mol. The van der Waals surface area contributed by atoms with Gasteiger partial charge in [0, 0.05) is 17.8 Å². The molecule has 0 aromatic carbocycles. The smallest absolute Gasteiger partial charge is 0.248 e. The zero-order valence-electron chi connectivity index (χ0n) is 6.84. The number of fused-ring (bicyclic) bond motifs is 1. The molecule has 0 saturated carbocycles. The molecule has 2 heterocycles. The lowest BCUT2D eigenvalue weighted by Crippen LogP contribution is -1.84. The summed E-state index contributed by atoms with van der Waals surface area (Å²) in [7, 11) is 0. The van der Waals surface area contributed by atoms with Crippen molar-refractivity contribution in [2.24, 2.45) is 0 Å². The fourth-order valence-electron chi connectivity index (χ4n) is 1.09. The zero-order chi connectivity index (χ0) is 9.42. The van der Waals surface area contributed by atoms with E-state index in [1.807, 2.05) is 6.07 Å².